The lowest BCUT2D eigenvalue weighted by atomic mass is 10.1. The van der Waals surface area contributed by atoms with Gasteiger partial charge in [0.2, 0.25) is 0 Å². The molecule has 0 aliphatic carbocycles. The molecule has 0 aromatic carbocycles. The van der Waals surface area contributed by atoms with Crippen LogP contribution in [0.15, 0.2) is 12.4 Å². The Kier molecular flexibility index (Phi) is 5.20. The average Bonchev–Trinajstić information content (AvgIpc) is 2.48. The molecule has 22 heavy (non-hydrogen) atoms. The van der Waals surface area contributed by atoms with Gasteiger partial charge in [-0.15, -0.1) is 0 Å². The smallest absolute Gasteiger partial charge is 0.281 e. The first-order valence-corrected chi connectivity index (χ1v) is 8.64. The number of piperidine rings is 1. The van der Waals surface area contributed by atoms with Crippen LogP contribution in [0, 0.1) is 0 Å². The van der Waals surface area contributed by atoms with Crippen molar-refractivity contribution in [3.05, 3.63) is 12.4 Å². The number of hydrogen-bond acceptors (Lipinski definition) is 6. The standard InChI is InChI=1S/C13H24N6O2S/c1-17(2)13-9-12(14-10-15-13)16-11-5-7-19(8-6-11)22(20,21)18(3)4/h9-11H,5-8H2,1-4H3,(H,14,15,16). The summed E-state index contributed by atoms with van der Waals surface area (Å²) in [5.74, 6) is 1.61. The molecule has 0 spiro atoms. The second-order valence-electron chi connectivity index (χ2n) is 5.76. The lowest BCUT2D eigenvalue weighted by molar-refractivity contribution is 0.311. The zero-order chi connectivity index (χ0) is 16.3. The van der Waals surface area contributed by atoms with E-state index in [1.807, 2.05) is 25.1 Å². The maximum Gasteiger partial charge on any atom is 0.281 e. The molecule has 1 saturated heterocycles. The lowest BCUT2D eigenvalue weighted by Gasteiger charge is -2.33. The van der Waals surface area contributed by atoms with Crippen LogP contribution in [0.5, 0.6) is 0 Å². The van der Waals surface area contributed by atoms with Crippen molar-refractivity contribution in [2.24, 2.45) is 0 Å². The van der Waals surface area contributed by atoms with Gasteiger partial charge in [-0.25, -0.2) is 9.97 Å². The molecule has 1 aliphatic rings. The Balaban J connectivity index is 1.94. The largest absolute Gasteiger partial charge is 0.367 e. The highest BCUT2D eigenvalue weighted by Gasteiger charge is 2.29. The second kappa shape index (κ2) is 6.76. The molecule has 1 aromatic rings. The van der Waals surface area contributed by atoms with E-state index in [1.54, 1.807) is 14.1 Å². The van der Waals surface area contributed by atoms with Gasteiger partial charge in [-0.05, 0) is 12.8 Å². The number of anilines is 2. The summed E-state index contributed by atoms with van der Waals surface area (Å²) >= 11 is 0. The lowest BCUT2D eigenvalue weighted by Crippen LogP contribution is -2.46. The van der Waals surface area contributed by atoms with Gasteiger partial charge in [0.15, 0.2) is 0 Å². The minimum absolute atomic E-state index is 0.221. The third-order valence-corrected chi connectivity index (χ3v) is 5.65. The van der Waals surface area contributed by atoms with Crippen molar-refractivity contribution < 1.29 is 8.42 Å². The topological polar surface area (TPSA) is 81.7 Å². The maximum atomic E-state index is 12.1. The zero-order valence-corrected chi connectivity index (χ0v) is 14.3. The highest BCUT2D eigenvalue weighted by atomic mass is 32.2. The predicted octanol–water partition coefficient (Wildman–Crippen LogP) is 0.225. The van der Waals surface area contributed by atoms with Crippen molar-refractivity contribution in [3.63, 3.8) is 0 Å². The number of aromatic nitrogens is 2. The molecule has 9 heteroatoms. The first-order valence-electron chi connectivity index (χ1n) is 7.24. The number of hydrogen-bond donors (Lipinski definition) is 1. The monoisotopic (exact) mass is 328 g/mol. The second-order valence-corrected chi connectivity index (χ2v) is 7.91. The SMILES string of the molecule is CN(C)c1cc(NC2CCN(S(=O)(=O)N(C)C)CC2)ncn1. The van der Waals surface area contributed by atoms with Gasteiger partial charge in [-0.1, -0.05) is 0 Å². The van der Waals surface area contributed by atoms with Crippen molar-refractivity contribution in [1.82, 2.24) is 18.6 Å². The Morgan fingerprint density at radius 2 is 1.82 bits per heavy atom. The van der Waals surface area contributed by atoms with E-state index in [9.17, 15) is 8.42 Å². The molecule has 1 N–H and O–H groups in total. The van der Waals surface area contributed by atoms with Crippen LogP contribution < -0.4 is 10.2 Å². The summed E-state index contributed by atoms with van der Waals surface area (Å²) in [7, 11) is 3.66. The van der Waals surface area contributed by atoms with E-state index in [0.717, 1.165) is 24.5 Å². The summed E-state index contributed by atoms with van der Waals surface area (Å²) < 4.78 is 26.9. The van der Waals surface area contributed by atoms with Gasteiger partial charge in [-0.3, -0.25) is 0 Å². The minimum Gasteiger partial charge on any atom is -0.367 e. The van der Waals surface area contributed by atoms with E-state index in [1.165, 1.54) is 14.9 Å². The molecule has 2 rings (SSSR count). The molecule has 0 atom stereocenters. The van der Waals surface area contributed by atoms with Gasteiger partial charge in [0.1, 0.15) is 18.0 Å². The van der Waals surface area contributed by atoms with Crippen LogP contribution in [0.4, 0.5) is 11.6 Å². The van der Waals surface area contributed by atoms with E-state index in [0.29, 0.717) is 13.1 Å². The molecule has 2 heterocycles. The minimum atomic E-state index is -3.31. The third kappa shape index (κ3) is 3.84. The van der Waals surface area contributed by atoms with Crippen LogP contribution in [0.2, 0.25) is 0 Å². The van der Waals surface area contributed by atoms with Crippen molar-refractivity contribution >= 4 is 21.8 Å². The van der Waals surface area contributed by atoms with Gasteiger partial charge in [0.05, 0.1) is 0 Å². The normalized spacial score (nSPS) is 17.7. The summed E-state index contributed by atoms with van der Waals surface area (Å²) in [6.07, 6.45) is 3.05. The fourth-order valence-electron chi connectivity index (χ4n) is 2.34. The van der Waals surface area contributed by atoms with Crippen LogP contribution in [-0.4, -0.2) is 74.3 Å². The van der Waals surface area contributed by atoms with Gasteiger partial charge >= 0.3 is 0 Å². The fraction of sp³-hybridized carbons (Fsp3) is 0.692. The van der Waals surface area contributed by atoms with Crippen molar-refractivity contribution in [2.75, 3.05) is 51.5 Å². The van der Waals surface area contributed by atoms with Gasteiger partial charge < -0.3 is 10.2 Å². The Morgan fingerprint density at radius 3 is 2.36 bits per heavy atom. The molecule has 124 valence electrons. The summed E-state index contributed by atoms with van der Waals surface area (Å²) in [6, 6.07) is 2.11. The molecular weight excluding hydrogens is 304 g/mol. The summed E-state index contributed by atoms with van der Waals surface area (Å²) in [5, 5.41) is 3.36. The molecule has 1 fully saturated rings. The quantitative estimate of drug-likeness (QED) is 0.833. The highest BCUT2D eigenvalue weighted by Crippen LogP contribution is 2.19. The average molecular weight is 328 g/mol. The predicted molar refractivity (Wildman–Crippen MR) is 87.2 cm³/mol. The van der Waals surface area contributed by atoms with Crippen LogP contribution in [-0.2, 0) is 10.2 Å². The molecule has 8 nitrogen and oxygen atoms in total. The summed E-state index contributed by atoms with van der Waals surface area (Å²) in [4.78, 5) is 10.3. The molecule has 0 saturated carbocycles. The molecule has 1 aliphatic heterocycles. The number of nitrogens with one attached hydrogen (secondary N) is 1. The fourth-order valence-corrected chi connectivity index (χ4v) is 3.48. The number of nitrogens with zero attached hydrogens (tertiary/aromatic N) is 5. The van der Waals surface area contributed by atoms with Crippen molar-refractivity contribution in [2.45, 2.75) is 18.9 Å². The van der Waals surface area contributed by atoms with E-state index < -0.39 is 10.2 Å². The Labute approximate surface area is 132 Å². The van der Waals surface area contributed by atoms with Gasteiger partial charge in [0, 0.05) is 53.4 Å². The molecule has 0 radical (unpaired) electrons. The molecular formula is C13H24N6O2S. The number of rotatable bonds is 5. The van der Waals surface area contributed by atoms with E-state index in [2.05, 4.69) is 15.3 Å². The van der Waals surface area contributed by atoms with E-state index in [4.69, 9.17) is 0 Å². The first-order chi connectivity index (χ1) is 10.3. The van der Waals surface area contributed by atoms with Crippen LogP contribution in [0.3, 0.4) is 0 Å². The molecule has 0 amide bonds. The zero-order valence-electron chi connectivity index (χ0n) is 13.5. The Hall–Kier alpha value is -1.45. The highest BCUT2D eigenvalue weighted by molar-refractivity contribution is 7.86. The molecule has 1 aromatic heterocycles. The van der Waals surface area contributed by atoms with Crippen molar-refractivity contribution in [1.29, 1.82) is 0 Å². The Bertz CT molecular complexity index is 596. The van der Waals surface area contributed by atoms with E-state index >= 15 is 0 Å². The van der Waals surface area contributed by atoms with Crippen molar-refractivity contribution in [3.8, 4) is 0 Å². The van der Waals surface area contributed by atoms with E-state index in [-0.39, 0.29) is 6.04 Å². The maximum absolute atomic E-state index is 12.1. The summed E-state index contributed by atoms with van der Waals surface area (Å²) in [6.45, 7) is 1.04. The van der Waals surface area contributed by atoms with Crippen LogP contribution in [0.1, 0.15) is 12.8 Å². The van der Waals surface area contributed by atoms with Crippen LogP contribution >= 0.6 is 0 Å². The first kappa shape index (κ1) is 16.9. The molecule has 0 bridgehead atoms. The van der Waals surface area contributed by atoms with Crippen LogP contribution in [0.25, 0.3) is 0 Å². The summed E-state index contributed by atoms with van der Waals surface area (Å²) in [5.41, 5.74) is 0. The Morgan fingerprint density at radius 1 is 1.18 bits per heavy atom. The third-order valence-electron chi connectivity index (χ3n) is 3.70. The van der Waals surface area contributed by atoms with Gasteiger partial charge in [-0.2, -0.15) is 17.0 Å². The van der Waals surface area contributed by atoms with Gasteiger partial charge in [0.25, 0.3) is 10.2 Å². The molecule has 0 unspecified atom stereocenters.